The predicted octanol–water partition coefficient (Wildman–Crippen LogP) is 3.36. The van der Waals surface area contributed by atoms with Gasteiger partial charge in [0.15, 0.2) is 0 Å². The SMILES string of the molecule is CCOc1ccc(C2=C(Cl)C(=O)N(c3ccc(CN4CCN(C)CC4)cc3)C2=O)cc1. The first-order valence-electron chi connectivity index (χ1n) is 10.5. The highest BCUT2D eigenvalue weighted by Crippen LogP contribution is 2.35. The summed E-state index contributed by atoms with van der Waals surface area (Å²) < 4.78 is 5.44. The molecule has 0 saturated carbocycles. The molecule has 7 heteroatoms. The lowest BCUT2D eigenvalue weighted by molar-refractivity contribution is -0.119. The quantitative estimate of drug-likeness (QED) is 0.646. The zero-order chi connectivity index (χ0) is 22.0. The smallest absolute Gasteiger partial charge is 0.277 e. The minimum absolute atomic E-state index is 0.0596. The van der Waals surface area contributed by atoms with Gasteiger partial charge in [-0.1, -0.05) is 35.9 Å². The summed E-state index contributed by atoms with van der Waals surface area (Å²) in [5.41, 5.74) is 2.49. The van der Waals surface area contributed by atoms with Gasteiger partial charge in [0.05, 0.1) is 17.9 Å². The average Bonchev–Trinajstić information content (AvgIpc) is 3.00. The molecule has 0 aromatic heterocycles. The zero-order valence-electron chi connectivity index (χ0n) is 17.8. The second kappa shape index (κ2) is 9.22. The number of hydrogen-bond donors (Lipinski definition) is 0. The summed E-state index contributed by atoms with van der Waals surface area (Å²) in [5, 5.41) is -0.0596. The Morgan fingerprint density at radius 1 is 0.903 bits per heavy atom. The van der Waals surface area contributed by atoms with Crippen LogP contribution in [0, 0.1) is 0 Å². The minimum Gasteiger partial charge on any atom is -0.494 e. The number of carbonyl (C=O) groups is 2. The molecule has 0 spiro atoms. The van der Waals surface area contributed by atoms with Crippen molar-refractivity contribution >= 4 is 34.7 Å². The fraction of sp³-hybridized carbons (Fsp3) is 0.333. The maximum absolute atomic E-state index is 13.1. The van der Waals surface area contributed by atoms with Crippen LogP contribution in [0.1, 0.15) is 18.1 Å². The summed E-state index contributed by atoms with van der Waals surface area (Å²) in [6, 6.07) is 14.6. The Labute approximate surface area is 187 Å². The molecule has 2 amide bonds. The summed E-state index contributed by atoms with van der Waals surface area (Å²) in [4.78, 5) is 31.7. The molecule has 6 nitrogen and oxygen atoms in total. The van der Waals surface area contributed by atoms with Crippen molar-refractivity contribution in [1.82, 2.24) is 9.80 Å². The molecule has 2 aliphatic heterocycles. The van der Waals surface area contributed by atoms with E-state index in [9.17, 15) is 9.59 Å². The van der Waals surface area contributed by atoms with E-state index >= 15 is 0 Å². The number of carbonyl (C=O) groups excluding carboxylic acids is 2. The molecule has 2 heterocycles. The third-order valence-corrected chi connectivity index (χ3v) is 6.03. The first-order chi connectivity index (χ1) is 15.0. The van der Waals surface area contributed by atoms with E-state index in [0.29, 0.717) is 23.6 Å². The number of hydrogen-bond acceptors (Lipinski definition) is 5. The number of rotatable bonds is 6. The van der Waals surface area contributed by atoms with Gasteiger partial charge in [-0.25, -0.2) is 4.90 Å². The van der Waals surface area contributed by atoms with E-state index < -0.39 is 11.8 Å². The van der Waals surface area contributed by atoms with Crippen LogP contribution >= 0.6 is 11.6 Å². The maximum Gasteiger partial charge on any atom is 0.277 e. The van der Waals surface area contributed by atoms with Gasteiger partial charge < -0.3 is 9.64 Å². The first kappa shape index (κ1) is 21.6. The normalized spacial score (nSPS) is 18.2. The van der Waals surface area contributed by atoms with Gasteiger partial charge in [-0.15, -0.1) is 0 Å². The number of likely N-dealkylation sites (N-methyl/N-ethyl adjacent to an activating group) is 1. The lowest BCUT2D eigenvalue weighted by Crippen LogP contribution is -2.43. The number of benzene rings is 2. The van der Waals surface area contributed by atoms with Crippen LogP contribution in [0.2, 0.25) is 0 Å². The molecule has 2 aromatic rings. The van der Waals surface area contributed by atoms with E-state index in [0.717, 1.165) is 43.2 Å². The number of piperazine rings is 1. The second-order valence-electron chi connectivity index (χ2n) is 7.84. The Bertz CT molecular complexity index is 994. The molecule has 0 N–H and O–H groups in total. The van der Waals surface area contributed by atoms with Gasteiger partial charge >= 0.3 is 0 Å². The van der Waals surface area contributed by atoms with Crippen LogP contribution in [-0.2, 0) is 16.1 Å². The molecule has 2 aliphatic rings. The minimum atomic E-state index is -0.498. The number of halogens is 1. The highest BCUT2D eigenvalue weighted by Gasteiger charge is 2.39. The van der Waals surface area contributed by atoms with E-state index in [4.69, 9.17) is 16.3 Å². The van der Waals surface area contributed by atoms with Gasteiger partial charge in [0.1, 0.15) is 10.8 Å². The summed E-state index contributed by atoms with van der Waals surface area (Å²) in [7, 11) is 2.14. The molecule has 4 rings (SSSR count). The zero-order valence-corrected chi connectivity index (χ0v) is 18.6. The lowest BCUT2D eigenvalue weighted by Gasteiger charge is -2.32. The molecule has 1 saturated heterocycles. The topological polar surface area (TPSA) is 53.1 Å². The molecule has 162 valence electrons. The largest absolute Gasteiger partial charge is 0.494 e. The van der Waals surface area contributed by atoms with Crippen molar-refractivity contribution in [2.45, 2.75) is 13.5 Å². The van der Waals surface area contributed by atoms with Gasteiger partial charge in [-0.3, -0.25) is 14.5 Å². The van der Waals surface area contributed by atoms with Crippen molar-refractivity contribution in [3.05, 3.63) is 64.7 Å². The maximum atomic E-state index is 13.1. The molecule has 2 aromatic carbocycles. The molecular weight excluding hydrogens is 414 g/mol. The van der Waals surface area contributed by atoms with E-state index in [2.05, 4.69) is 16.8 Å². The van der Waals surface area contributed by atoms with Crippen LogP contribution in [0.3, 0.4) is 0 Å². The van der Waals surface area contributed by atoms with E-state index in [-0.39, 0.29) is 10.6 Å². The summed E-state index contributed by atoms with van der Waals surface area (Å²) in [6.07, 6.45) is 0. The van der Waals surface area contributed by atoms with Crippen LogP contribution < -0.4 is 9.64 Å². The summed E-state index contributed by atoms with van der Waals surface area (Å²) >= 11 is 6.30. The number of amides is 2. The molecule has 0 atom stereocenters. The Balaban J connectivity index is 1.49. The van der Waals surface area contributed by atoms with Crippen LogP contribution in [0.25, 0.3) is 5.57 Å². The highest BCUT2D eigenvalue weighted by atomic mass is 35.5. The Morgan fingerprint density at radius 3 is 2.16 bits per heavy atom. The Morgan fingerprint density at radius 2 is 1.55 bits per heavy atom. The van der Waals surface area contributed by atoms with E-state index in [1.807, 2.05) is 31.2 Å². The standard InChI is InChI=1S/C24H26ClN3O3/c1-3-31-20-10-6-18(7-11-20)21-22(25)24(30)28(23(21)29)19-8-4-17(5-9-19)16-27-14-12-26(2)13-15-27/h4-11H,3,12-16H2,1-2H3. The molecule has 0 aliphatic carbocycles. The Kier molecular flexibility index (Phi) is 6.41. The van der Waals surface area contributed by atoms with Crippen LogP contribution in [0.5, 0.6) is 5.75 Å². The van der Waals surface area contributed by atoms with Gasteiger partial charge in [0.25, 0.3) is 11.8 Å². The van der Waals surface area contributed by atoms with Crippen LogP contribution in [0.4, 0.5) is 5.69 Å². The van der Waals surface area contributed by atoms with Gasteiger partial charge in [0, 0.05) is 32.7 Å². The van der Waals surface area contributed by atoms with Crippen molar-refractivity contribution in [3.63, 3.8) is 0 Å². The van der Waals surface area contributed by atoms with Crippen molar-refractivity contribution in [2.75, 3.05) is 44.7 Å². The molecule has 0 unspecified atom stereocenters. The molecule has 0 radical (unpaired) electrons. The third kappa shape index (κ3) is 4.51. The average molecular weight is 440 g/mol. The lowest BCUT2D eigenvalue weighted by atomic mass is 10.1. The van der Waals surface area contributed by atoms with Crippen molar-refractivity contribution in [1.29, 1.82) is 0 Å². The highest BCUT2D eigenvalue weighted by molar-refractivity contribution is 6.60. The van der Waals surface area contributed by atoms with E-state index in [1.54, 1.807) is 24.3 Å². The predicted molar refractivity (Wildman–Crippen MR) is 122 cm³/mol. The Hall–Kier alpha value is -2.67. The molecular formula is C24H26ClN3O3. The van der Waals surface area contributed by atoms with E-state index in [1.165, 1.54) is 0 Å². The number of imide groups is 1. The monoisotopic (exact) mass is 439 g/mol. The van der Waals surface area contributed by atoms with Crippen LogP contribution in [-0.4, -0.2) is 61.4 Å². The van der Waals surface area contributed by atoms with Gasteiger partial charge in [-0.05, 0) is 49.4 Å². The number of anilines is 1. The fourth-order valence-corrected chi connectivity index (χ4v) is 4.16. The van der Waals surface area contributed by atoms with Crippen molar-refractivity contribution in [2.24, 2.45) is 0 Å². The van der Waals surface area contributed by atoms with Crippen LogP contribution in [0.15, 0.2) is 53.6 Å². The van der Waals surface area contributed by atoms with Crippen molar-refractivity contribution in [3.8, 4) is 5.75 Å². The second-order valence-corrected chi connectivity index (χ2v) is 8.22. The first-order valence-corrected chi connectivity index (χ1v) is 10.9. The third-order valence-electron chi connectivity index (χ3n) is 5.68. The number of ether oxygens (including phenoxy) is 1. The fourth-order valence-electron chi connectivity index (χ4n) is 3.89. The number of nitrogens with zero attached hydrogens (tertiary/aromatic N) is 3. The molecule has 0 bridgehead atoms. The van der Waals surface area contributed by atoms with Gasteiger partial charge in [-0.2, -0.15) is 0 Å². The van der Waals surface area contributed by atoms with Gasteiger partial charge in [0.2, 0.25) is 0 Å². The summed E-state index contributed by atoms with van der Waals surface area (Å²) in [5.74, 6) is -0.208. The molecule has 1 fully saturated rings. The van der Waals surface area contributed by atoms with Crippen molar-refractivity contribution < 1.29 is 14.3 Å². The summed E-state index contributed by atoms with van der Waals surface area (Å²) in [6.45, 7) is 7.51. The molecule has 31 heavy (non-hydrogen) atoms.